The first kappa shape index (κ1) is 50.1. The number of ether oxygens (including phenoxy) is 4. The van der Waals surface area contributed by atoms with E-state index in [1.807, 2.05) is 54.6 Å². The zero-order valence-corrected chi connectivity index (χ0v) is 41.8. The van der Waals surface area contributed by atoms with Crippen molar-refractivity contribution in [3.05, 3.63) is 123 Å². The number of carbonyl (C=O) groups is 2. The number of hydrogen-bond donors (Lipinski definition) is 4. The van der Waals surface area contributed by atoms with Crippen molar-refractivity contribution in [2.45, 2.75) is 101 Å². The summed E-state index contributed by atoms with van der Waals surface area (Å²) in [4.78, 5) is 45.7. The van der Waals surface area contributed by atoms with Crippen LogP contribution in [0.2, 0.25) is 0 Å². The standard InChI is InChI=1S/C26H28N4O3.C19H24BrN3O3.C7H6BNO2/c1-25(2)14-18(10-11-32-25)22-15-26(23(31)30(4)24(27)29-26)20-13-17(8-9-21(20)33-22)16-6-5-7-19(12-16)28-3;1-18(2)9-11(6-7-25-18)15-10-19(16(24)23(3)17(21)22-19)13-8-12(20)4-5-14(13)26-15;1-9-7-4-2-3-6(5-7)8(10)11/h5-9,12-13,18,22H,10-11,14-15H2,1-2,4H3,(H2,27,29);4-5,8,11,15H,6-7,9-10H2,1-3H3,(H2,21,22);2-5,10-11H. The number of nitrogens with two attached hydrogens (primary N) is 2. The van der Waals surface area contributed by atoms with Crippen LogP contribution in [-0.2, 0) is 30.1 Å². The van der Waals surface area contributed by atoms with E-state index in [-0.39, 0.29) is 53.1 Å². The quantitative estimate of drug-likeness (QED) is 0.122. The first-order chi connectivity index (χ1) is 33.2. The fourth-order valence-corrected chi connectivity index (χ4v) is 10.9. The van der Waals surface area contributed by atoms with Gasteiger partial charge in [-0.15, -0.1) is 0 Å². The Hall–Kier alpha value is -6.28. The Labute approximate surface area is 417 Å². The second-order valence-corrected chi connectivity index (χ2v) is 20.8. The maximum absolute atomic E-state index is 13.6. The van der Waals surface area contributed by atoms with Crippen LogP contribution >= 0.6 is 15.9 Å². The van der Waals surface area contributed by atoms with Gasteiger partial charge in [-0.2, -0.15) is 0 Å². The van der Waals surface area contributed by atoms with Crippen molar-refractivity contribution in [3.8, 4) is 22.6 Å². The molecule has 0 radical (unpaired) electrons. The summed E-state index contributed by atoms with van der Waals surface area (Å²) < 4.78 is 25.6. The average molecular weight is 1010 g/mol. The van der Waals surface area contributed by atoms with E-state index < -0.39 is 18.2 Å². The van der Waals surface area contributed by atoms with Gasteiger partial charge in [-0.3, -0.25) is 19.4 Å². The Kier molecular flexibility index (Phi) is 14.0. The van der Waals surface area contributed by atoms with Crippen LogP contribution < -0.4 is 26.4 Å². The summed E-state index contributed by atoms with van der Waals surface area (Å²) in [5, 5.41) is 17.4. The lowest BCUT2D eigenvalue weighted by Gasteiger charge is -2.44. The molecule has 16 nitrogen and oxygen atoms in total. The minimum absolute atomic E-state index is 0.0889. The highest BCUT2D eigenvalue weighted by molar-refractivity contribution is 9.10. The highest BCUT2D eigenvalue weighted by atomic mass is 79.9. The lowest BCUT2D eigenvalue weighted by molar-refractivity contribution is -0.135. The largest absolute Gasteiger partial charge is 0.490 e. The maximum atomic E-state index is 13.6. The number of likely N-dealkylation sites (N-methyl/N-ethyl adjacent to an activating group) is 2. The highest BCUT2D eigenvalue weighted by Gasteiger charge is 2.57. The molecular formula is C52H58BBrN8O8. The van der Waals surface area contributed by atoms with Gasteiger partial charge in [-0.05, 0) is 106 Å². The summed E-state index contributed by atoms with van der Waals surface area (Å²) in [6.07, 6.45) is 4.22. The fraction of sp³-hybridized carbons (Fsp3) is 0.423. The molecule has 0 aromatic heterocycles. The number of hydrogen-bond acceptors (Lipinski definition) is 12. The fourth-order valence-electron chi connectivity index (χ4n) is 10.5. The molecule has 364 valence electrons. The molecule has 4 aromatic carbocycles. The van der Waals surface area contributed by atoms with E-state index in [0.29, 0.717) is 60.3 Å². The topological polar surface area (TPSA) is 203 Å². The molecule has 2 saturated heterocycles. The first-order valence-corrected chi connectivity index (χ1v) is 24.1. The van der Waals surface area contributed by atoms with Gasteiger partial charge in [0.2, 0.25) is 0 Å². The monoisotopic (exact) mass is 1010 g/mol. The molecule has 6 aliphatic rings. The predicted octanol–water partition coefficient (Wildman–Crippen LogP) is 6.95. The number of fused-ring (bicyclic) bond motifs is 4. The Morgan fingerprint density at radius 1 is 0.671 bits per heavy atom. The number of carbonyl (C=O) groups excluding carboxylic acids is 2. The van der Waals surface area contributed by atoms with Gasteiger partial charge < -0.3 is 40.5 Å². The summed E-state index contributed by atoms with van der Waals surface area (Å²) in [5.41, 5.74) is 14.3. The number of amides is 2. The molecule has 0 bridgehead atoms. The average Bonchev–Trinajstić information content (AvgIpc) is 3.68. The van der Waals surface area contributed by atoms with Gasteiger partial charge in [0.25, 0.3) is 11.8 Å². The van der Waals surface area contributed by atoms with Crippen LogP contribution in [0.4, 0.5) is 11.4 Å². The lowest BCUT2D eigenvalue weighted by atomic mass is 9.74. The molecule has 70 heavy (non-hydrogen) atoms. The maximum Gasteiger partial charge on any atom is 0.487 e. The van der Waals surface area contributed by atoms with E-state index in [9.17, 15) is 9.59 Å². The number of halogens is 1. The van der Waals surface area contributed by atoms with Crippen molar-refractivity contribution < 1.29 is 38.6 Å². The van der Waals surface area contributed by atoms with Crippen LogP contribution in [0.3, 0.4) is 0 Å². The molecule has 6 heterocycles. The van der Waals surface area contributed by atoms with Crippen LogP contribution in [-0.4, -0.2) is 101 Å². The van der Waals surface area contributed by atoms with Gasteiger partial charge in [0.15, 0.2) is 34.4 Å². The van der Waals surface area contributed by atoms with E-state index in [4.69, 9.17) is 58.6 Å². The highest BCUT2D eigenvalue weighted by Crippen LogP contribution is 2.51. The predicted molar refractivity (Wildman–Crippen MR) is 271 cm³/mol. The van der Waals surface area contributed by atoms with Gasteiger partial charge in [0, 0.05) is 67.6 Å². The second-order valence-electron chi connectivity index (χ2n) is 19.9. The van der Waals surface area contributed by atoms with Crippen molar-refractivity contribution >= 4 is 63.6 Å². The van der Waals surface area contributed by atoms with Gasteiger partial charge >= 0.3 is 7.12 Å². The lowest BCUT2D eigenvalue weighted by Crippen LogP contribution is -2.49. The number of guanidine groups is 2. The van der Waals surface area contributed by atoms with Crippen LogP contribution in [0.1, 0.15) is 77.3 Å². The third-order valence-electron chi connectivity index (χ3n) is 14.1. The first-order valence-electron chi connectivity index (χ1n) is 23.3. The van der Waals surface area contributed by atoms with Crippen LogP contribution in [0, 0.1) is 25.0 Å². The molecule has 2 amide bonds. The van der Waals surface area contributed by atoms with Crippen LogP contribution in [0.15, 0.2) is 99.4 Å². The van der Waals surface area contributed by atoms with Crippen molar-refractivity contribution in [2.24, 2.45) is 33.3 Å². The van der Waals surface area contributed by atoms with E-state index in [2.05, 4.69) is 58.3 Å². The minimum Gasteiger partial charge on any atom is -0.490 e. The Morgan fingerprint density at radius 2 is 1.14 bits per heavy atom. The Balaban J connectivity index is 0.000000158. The minimum atomic E-state index is -1.49. The van der Waals surface area contributed by atoms with Crippen molar-refractivity contribution in [2.75, 3.05) is 27.3 Å². The molecule has 18 heteroatoms. The van der Waals surface area contributed by atoms with E-state index in [1.54, 1.807) is 38.4 Å². The number of aliphatic imine (C=N–C) groups is 2. The molecule has 4 aromatic rings. The second kappa shape index (κ2) is 19.5. The van der Waals surface area contributed by atoms with E-state index in [1.165, 1.54) is 15.9 Å². The summed E-state index contributed by atoms with van der Waals surface area (Å²) >= 11 is 3.50. The smallest absolute Gasteiger partial charge is 0.487 e. The van der Waals surface area contributed by atoms with Crippen molar-refractivity contribution in [3.63, 3.8) is 0 Å². The molecule has 0 saturated carbocycles. The van der Waals surface area contributed by atoms with Gasteiger partial charge in [-0.25, -0.2) is 19.7 Å². The molecule has 6 atom stereocenters. The number of rotatable bonds is 4. The zero-order valence-electron chi connectivity index (χ0n) is 40.2. The summed E-state index contributed by atoms with van der Waals surface area (Å²) in [7, 11) is 1.85. The molecule has 6 unspecified atom stereocenters. The Bertz CT molecular complexity index is 2840. The SMILES string of the molecule is CN1C(=O)C2(CC(C3CCOC(C)(C)C3)Oc3ccc(Br)cc32)N=C1N.[C-]#[N+]c1cccc(-c2ccc3c(c2)C2(CC(C4CCOC(C)(C)C4)O3)N=C(N)N(C)C2=O)c1.[C-]#[N+]c1cccc(B(O)O)c1. The van der Waals surface area contributed by atoms with E-state index >= 15 is 0 Å². The molecule has 2 fully saturated rings. The molecule has 0 aliphatic carbocycles. The molecule has 2 spiro atoms. The van der Waals surface area contributed by atoms with Crippen LogP contribution in [0.5, 0.6) is 11.5 Å². The zero-order chi connectivity index (χ0) is 50.3. The number of benzene rings is 4. The summed E-state index contributed by atoms with van der Waals surface area (Å²) in [5.74, 6) is 2.20. The summed E-state index contributed by atoms with van der Waals surface area (Å²) in [6, 6.07) is 25.3. The molecule has 10 rings (SSSR count). The van der Waals surface area contributed by atoms with Gasteiger partial charge in [-0.1, -0.05) is 64.5 Å². The third kappa shape index (κ3) is 9.89. The van der Waals surface area contributed by atoms with Crippen LogP contribution in [0.25, 0.3) is 20.8 Å². The van der Waals surface area contributed by atoms with E-state index in [0.717, 1.165) is 52.4 Å². The molecule has 6 N–H and O–H groups in total. The van der Waals surface area contributed by atoms with Crippen molar-refractivity contribution in [1.29, 1.82) is 0 Å². The Morgan fingerprint density at radius 3 is 1.61 bits per heavy atom. The number of nitrogens with zero attached hydrogens (tertiary/aromatic N) is 6. The van der Waals surface area contributed by atoms with Gasteiger partial charge in [0.05, 0.1) is 24.3 Å². The van der Waals surface area contributed by atoms with Gasteiger partial charge in [0.1, 0.15) is 23.7 Å². The summed E-state index contributed by atoms with van der Waals surface area (Å²) in [6.45, 7) is 23.7. The molecule has 6 aliphatic heterocycles. The third-order valence-corrected chi connectivity index (χ3v) is 14.6. The van der Waals surface area contributed by atoms with Crippen molar-refractivity contribution in [1.82, 2.24) is 9.80 Å². The molecular weight excluding hydrogens is 955 g/mol. The normalized spacial score (nSPS) is 26.9.